The highest BCUT2D eigenvalue weighted by Crippen LogP contribution is 2.38. The third-order valence-electron chi connectivity index (χ3n) is 5.83. The van der Waals surface area contributed by atoms with Crippen molar-refractivity contribution in [2.75, 3.05) is 26.3 Å². The van der Waals surface area contributed by atoms with Crippen molar-refractivity contribution in [3.05, 3.63) is 58.2 Å². The van der Waals surface area contributed by atoms with Gasteiger partial charge in [0.25, 0.3) is 0 Å². The fourth-order valence-corrected chi connectivity index (χ4v) is 4.25. The Bertz CT molecular complexity index is 1030. The number of phenols is 1. The fraction of sp³-hybridized carbons (Fsp3) is 0.360. The number of rotatable bonds is 6. The first-order chi connectivity index (χ1) is 15.2. The molecule has 170 valence electrons. The molecule has 5 nitrogen and oxygen atoms in total. The number of carbonyl (C=O) groups is 1. The van der Waals surface area contributed by atoms with Crippen LogP contribution in [-0.2, 0) is 14.9 Å². The Morgan fingerprint density at radius 2 is 1.97 bits per heavy atom. The van der Waals surface area contributed by atoms with Crippen LogP contribution in [0.4, 0.5) is 4.39 Å². The summed E-state index contributed by atoms with van der Waals surface area (Å²) in [4.78, 5) is 14.0. The first-order valence-electron chi connectivity index (χ1n) is 10.6. The Labute approximate surface area is 192 Å². The summed E-state index contributed by atoms with van der Waals surface area (Å²) >= 11 is 1.11. The molecule has 0 amide bonds. The lowest BCUT2D eigenvalue weighted by Gasteiger charge is -2.28. The van der Waals surface area contributed by atoms with Crippen LogP contribution in [0.5, 0.6) is 5.75 Å². The molecule has 0 radical (unpaired) electrons. The van der Waals surface area contributed by atoms with Gasteiger partial charge in [-0.15, -0.1) is 0 Å². The van der Waals surface area contributed by atoms with Crippen molar-refractivity contribution in [2.45, 2.75) is 32.6 Å². The number of hydrogen-bond acceptors (Lipinski definition) is 5. The molecule has 1 fully saturated rings. The van der Waals surface area contributed by atoms with E-state index in [2.05, 4.69) is 0 Å². The van der Waals surface area contributed by atoms with E-state index in [-0.39, 0.29) is 11.2 Å². The van der Waals surface area contributed by atoms with Crippen molar-refractivity contribution in [3.63, 3.8) is 0 Å². The molecule has 0 aliphatic carbocycles. The number of allylic oxidation sites excluding steroid dienone is 1. The first-order valence-corrected chi connectivity index (χ1v) is 11.5. The van der Waals surface area contributed by atoms with Gasteiger partial charge in [-0.25, -0.2) is 4.39 Å². The number of aromatic hydroxyl groups is 1. The van der Waals surface area contributed by atoms with Gasteiger partial charge in [0.1, 0.15) is 0 Å². The third kappa shape index (κ3) is 5.58. The van der Waals surface area contributed by atoms with E-state index in [0.717, 1.165) is 35.6 Å². The number of halogens is 1. The second-order valence-corrected chi connectivity index (χ2v) is 9.45. The minimum absolute atomic E-state index is 0.307. The van der Waals surface area contributed by atoms with Crippen molar-refractivity contribution in [2.24, 2.45) is 0 Å². The summed E-state index contributed by atoms with van der Waals surface area (Å²) < 4.78 is 19.8. The quantitative estimate of drug-likeness (QED) is 0.263. The molecule has 3 rings (SSSR count). The molecule has 32 heavy (non-hydrogen) atoms. The van der Waals surface area contributed by atoms with Gasteiger partial charge >= 0.3 is 0 Å². The summed E-state index contributed by atoms with van der Waals surface area (Å²) in [5, 5.41) is 18.9. The molecule has 2 N–H and O–H groups in total. The Morgan fingerprint density at radius 1 is 1.25 bits per heavy atom. The summed E-state index contributed by atoms with van der Waals surface area (Å²) in [7, 11) is 0. The Hall–Kier alpha value is -2.64. The molecule has 0 spiro atoms. The average molecular weight is 457 g/mol. The molecule has 0 bridgehead atoms. The minimum atomic E-state index is -0.650. The molecule has 2 aromatic rings. The number of ether oxygens (including phenoxy) is 1. The van der Waals surface area contributed by atoms with Crippen LogP contribution in [0.25, 0.3) is 17.2 Å². The number of nitrogens with zero attached hydrogens (tertiary/aromatic N) is 1. The van der Waals surface area contributed by atoms with E-state index in [4.69, 9.17) is 10.1 Å². The highest BCUT2D eigenvalue weighted by molar-refractivity contribution is 8.17. The zero-order valence-corrected chi connectivity index (χ0v) is 19.5. The summed E-state index contributed by atoms with van der Waals surface area (Å²) in [6.07, 6.45) is 3.22. The topological polar surface area (TPSA) is 73.6 Å². The van der Waals surface area contributed by atoms with Gasteiger partial charge in [0, 0.05) is 18.7 Å². The van der Waals surface area contributed by atoms with Gasteiger partial charge < -0.3 is 14.7 Å². The largest absolute Gasteiger partial charge is 0.505 e. The smallest absolute Gasteiger partial charge is 0.165 e. The van der Waals surface area contributed by atoms with Gasteiger partial charge in [0.05, 0.1) is 18.1 Å². The Morgan fingerprint density at radius 3 is 2.62 bits per heavy atom. The van der Waals surface area contributed by atoms with Crippen LogP contribution in [0.1, 0.15) is 38.3 Å². The molecule has 1 aliphatic rings. The van der Waals surface area contributed by atoms with Crippen LogP contribution >= 0.6 is 11.8 Å². The SMILES string of the molecule is CCC(C)(C)c1cc(-c2cccc(/C=C(/C=O)SC(=N)N3CCOCC3)c2)cc(F)c1O. The summed E-state index contributed by atoms with van der Waals surface area (Å²) in [6, 6.07) is 10.6. The van der Waals surface area contributed by atoms with Gasteiger partial charge in [-0.2, -0.15) is 0 Å². The second-order valence-electron chi connectivity index (χ2n) is 8.39. The van der Waals surface area contributed by atoms with E-state index in [1.165, 1.54) is 6.07 Å². The van der Waals surface area contributed by atoms with Gasteiger partial charge in [0.15, 0.2) is 23.0 Å². The number of hydrogen-bond donors (Lipinski definition) is 2. The predicted octanol–water partition coefficient (Wildman–Crippen LogP) is 5.43. The number of morpholine rings is 1. The molecular weight excluding hydrogens is 427 g/mol. The number of aldehydes is 1. The van der Waals surface area contributed by atoms with E-state index in [9.17, 15) is 14.3 Å². The van der Waals surface area contributed by atoms with Crippen molar-refractivity contribution >= 4 is 29.3 Å². The highest BCUT2D eigenvalue weighted by atomic mass is 32.2. The van der Waals surface area contributed by atoms with Crippen LogP contribution in [-0.4, -0.2) is 47.8 Å². The molecule has 1 aliphatic heterocycles. The third-order valence-corrected chi connectivity index (χ3v) is 6.74. The van der Waals surface area contributed by atoms with Crippen molar-refractivity contribution in [1.29, 1.82) is 5.41 Å². The van der Waals surface area contributed by atoms with Crippen molar-refractivity contribution in [3.8, 4) is 16.9 Å². The summed E-state index contributed by atoms with van der Waals surface area (Å²) in [5.41, 5.74) is 2.41. The van der Waals surface area contributed by atoms with Crippen molar-refractivity contribution < 1.29 is 19.0 Å². The van der Waals surface area contributed by atoms with Crippen LogP contribution < -0.4 is 0 Å². The maximum absolute atomic E-state index is 14.5. The van der Waals surface area contributed by atoms with Crippen LogP contribution in [0.3, 0.4) is 0 Å². The van der Waals surface area contributed by atoms with E-state index in [0.29, 0.717) is 47.5 Å². The van der Waals surface area contributed by atoms with Crippen LogP contribution in [0.15, 0.2) is 41.3 Å². The van der Waals surface area contributed by atoms with E-state index < -0.39 is 5.82 Å². The Balaban J connectivity index is 1.89. The number of amidine groups is 1. The van der Waals surface area contributed by atoms with Gasteiger partial charge in [-0.1, -0.05) is 39.0 Å². The highest BCUT2D eigenvalue weighted by Gasteiger charge is 2.25. The zero-order chi connectivity index (χ0) is 23.3. The monoisotopic (exact) mass is 456 g/mol. The number of carbonyl (C=O) groups excluding carboxylic acids is 1. The molecule has 0 unspecified atom stereocenters. The molecule has 0 aromatic heterocycles. The molecular formula is C25H29FN2O3S. The molecule has 7 heteroatoms. The number of thioether (sulfide) groups is 1. The summed E-state index contributed by atoms with van der Waals surface area (Å²) in [6.45, 7) is 8.37. The lowest BCUT2D eigenvalue weighted by atomic mass is 9.80. The lowest BCUT2D eigenvalue weighted by Crippen LogP contribution is -2.39. The normalized spacial score (nSPS) is 15.0. The number of nitrogens with one attached hydrogen (secondary N) is 1. The van der Waals surface area contributed by atoms with Crippen LogP contribution in [0, 0.1) is 11.2 Å². The maximum atomic E-state index is 14.5. The van der Waals surface area contributed by atoms with Crippen LogP contribution in [0.2, 0.25) is 0 Å². The zero-order valence-electron chi connectivity index (χ0n) is 18.7. The van der Waals surface area contributed by atoms with E-state index in [1.807, 2.05) is 56.0 Å². The molecule has 0 saturated carbocycles. The molecule has 2 aromatic carbocycles. The molecule has 1 saturated heterocycles. The van der Waals surface area contributed by atoms with Gasteiger partial charge in [-0.05, 0) is 64.6 Å². The molecule has 0 atom stereocenters. The lowest BCUT2D eigenvalue weighted by molar-refractivity contribution is -0.104. The van der Waals surface area contributed by atoms with Crippen molar-refractivity contribution in [1.82, 2.24) is 4.90 Å². The second kappa shape index (κ2) is 10.3. The standard InChI is InChI=1S/C25H29FN2O3S/c1-4-25(2,3)21-14-19(15-22(26)23(21)30)18-7-5-6-17(12-18)13-20(16-29)32-24(27)28-8-10-31-11-9-28/h5-7,12-16,27,30H,4,8-11H2,1-3H3/b20-13-,27-24?. The fourth-order valence-electron chi connectivity index (χ4n) is 3.47. The predicted molar refractivity (Wildman–Crippen MR) is 129 cm³/mol. The van der Waals surface area contributed by atoms with E-state index in [1.54, 1.807) is 6.08 Å². The van der Waals surface area contributed by atoms with Gasteiger partial charge in [-0.3, -0.25) is 10.2 Å². The summed E-state index contributed by atoms with van der Waals surface area (Å²) in [5.74, 6) is -0.957. The molecule has 1 heterocycles. The number of phenolic OH excluding ortho intramolecular Hbond substituents is 1. The van der Waals surface area contributed by atoms with E-state index >= 15 is 0 Å². The number of benzene rings is 2. The maximum Gasteiger partial charge on any atom is 0.165 e. The average Bonchev–Trinajstić information content (AvgIpc) is 2.80. The van der Waals surface area contributed by atoms with Gasteiger partial charge in [0.2, 0.25) is 0 Å². The minimum Gasteiger partial charge on any atom is -0.505 e. The Kier molecular flexibility index (Phi) is 7.74. The first kappa shape index (κ1) is 24.0.